The highest BCUT2D eigenvalue weighted by atomic mass is 16.6. The molecular formula is C16H28O3. The number of hydrogen-bond donors (Lipinski definition) is 1. The highest BCUT2D eigenvalue weighted by Crippen LogP contribution is 2.30. The average molecular weight is 268 g/mol. The molecule has 0 aromatic heterocycles. The predicted molar refractivity (Wildman–Crippen MR) is 77.3 cm³/mol. The van der Waals surface area contributed by atoms with Crippen LogP contribution in [0.1, 0.15) is 71.1 Å². The molecule has 0 aromatic carbocycles. The summed E-state index contributed by atoms with van der Waals surface area (Å²) in [6, 6.07) is 0. The fraction of sp³-hybridized carbons (Fsp3) is 0.812. The van der Waals surface area contributed by atoms with Crippen LogP contribution in [0.5, 0.6) is 0 Å². The van der Waals surface area contributed by atoms with Crippen molar-refractivity contribution >= 4 is 5.97 Å². The van der Waals surface area contributed by atoms with E-state index in [1.54, 1.807) is 0 Å². The number of unbranched alkanes of at least 4 members (excludes halogenated alkanes) is 5. The number of aliphatic carboxylic acids is 1. The van der Waals surface area contributed by atoms with Gasteiger partial charge in [0, 0.05) is 6.42 Å². The van der Waals surface area contributed by atoms with Crippen molar-refractivity contribution in [2.75, 3.05) is 0 Å². The van der Waals surface area contributed by atoms with Crippen molar-refractivity contribution in [1.82, 2.24) is 0 Å². The first-order chi connectivity index (χ1) is 9.24. The first-order valence-corrected chi connectivity index (χ1v) is 7.76. The van der Waals surface area contributed by atoms with Gasteiger partial charge in [0.05, 0.1) is 12.2 Å². The molecule has 3 heteroatoms. The van der Waals surface area contributed by atoms with E-state index in [9.17, 15) is 4.79 Å². The van der Waals surface area contributed by atoms with E-state index in [0.717, 1.165) is 32.1 Å². The Bertz CT molecular complexity index is 273. The summed E-state index contributed by atoms with van der Waals surface area (Å²) in [6.07, 6.45) is 15.9. The highest BCUT2D eigenvalue weighted by Gasteiger charge is 2.36. The maximum absolute atomic E-state index is 10.3. The normalized spacial score (nSPS) is 21.9. The van der Waals surface area contributed by atoms with Gasteiger partial charge in [0.15, 0.2) is 0 Å². The largest absolute Gasteiger partial charge is 0.481 e. The van der Waals surface area contributed by atoms with Crippen molar-refractivity contribution in [2.24, 2.45) is 0 Å². The van der Waals surface area contributed by atoms with Crippen LogP contribution in [0.3, 0.4) is 0 Å². The van der Waals surface area contributed by atoms with Gasteiger partial charge in [0.1, 0.15) is 0 Å². The van der Waals surface area contributed by atoms with Gasteiger partial charge >= 0.3 is 5.97 Å². The molecule has 3 nitrogen and oxygen atoms in total. The van der Waals surface area contributed by atoms with Gasteiger partial charge in [-0.2, -0.15) is 0 Å². The molecule has 1 fully saturated rings. The summed E-state index contributed by atoms with van der Waals surface area (Å²) in [6.45, 7) is 2.23. The van der Waals surface area contributed by atoms with E-state index >= 15 is 0 Å². The topological polar surface area (TPSA) is 49.8 Å². The lowest BCUT2D eigenvalue weighted by Gasteiger charge is -1.95. The van der Waals surface area contributed by atoms with Gasteiger partial charge in [-0.25, -0.2) is 0 Å². The molecule has 1 N–H and O–H groups in total. The minimum atomic E-state index is -0.685. The summed E-state index contributed by atoms with van der Waals surface area (Å²) in [5, 5.41) is 8.50. The van der Waals surface area contributed by atoms with Crippen molar-refractivity contribution in [1.29, 1.82) is 0 Å². The van der Waals surface area contributed by atoms with E-state index < -0.39 is 5.97 Å². The lowest BCUT2D eigenvalue weighted by atomic mass is 10.1. The third-order valence-corrected chi connectivity index (χ3v) is 3.58. The van der Waals surface area contributed by atoms with Crippen LogP contribution in [0.2, 0.25) is 0 Å². The molecule has 0 amide bonds. The third kappa shape index (κ3) is 8.82. The monoisotopic (exact) mass is 268 g/mol. The lowest BCUT2D eigenvalue weighted by molar-refractivity contribution is -0.137. The van der Waals surface area contributed by atoms with E-state index in [-0.39, 0.29) is 0 Å². The Morgan fingerprint density at radius 1 is 1.11 bits per heavy atom. The van der Waals surface area contributed by atoms with E-state index in [2.05, 4.69) is 19.1 Å². The number of carbonyl (C=O) groups is 1. The second kappa shape index (κ2) is 10.0. The van der Waals surface area contributed by atoms with Crippen molar-refractivity contribution in [2.45, 2.75) is 83.3 Å². The quantitative estimate of drug-likeness (QED) is 0.326. The zero-order valence-corrected chi connectivity index (χ0v) is 12.1. The molecule has 1 aliphatic heterocycles. The number of hydrogen-bond acceptors (Lipinski definition) is 2. The first-order valence-electron chi connectivity index (χ1n) is 7.76. The molecule has 0 radical (unpaired) electrons. The first kappa shape index (κ1) is 16.2. The van der Waals surface area contributed by atoms with Crippen LogP contribution in [-0.4, -0.2) is 23.3 Å². The maximum Gasteiger partial charge on any atom is 0.303 e. The Kier molecular flexibility index (Phi) is 8.55. The molecule has 0 aliphatic carbocycles. The Morgan fingerprint density at radius 3 is 2.68 bits per heavy atom. The van der Waals surface area contributed by atoms with Gasteiger partial charge < -0.3 is 9.84 Å². The van der Waals surface area contributed by atoms with Gasteiger partial charge in [-0.15, -0.1) is 0 Å². The lowest BCUT2D eigenvalue weighted by Crippen LogP contribution is -1.93. The summed E-state index contributed by atoms with van der Waals surface area (Å²) in [5.41, 5.74) is 0. The van der Waals surface area contributed by atoms with E-state index in [1.807, 2.05) is 0 Å². The number of ether oxygens (including phenoxy) is 1. The van der Waals surface area contributed by atoms with Gasteiger partial charge in [0.25, 0.3) is 0 Å². The molecule has 19 heavy (non-hydrogen) atoms. The van der Waals surface area contributed by atoms with Crippen molar-refractivity contribution in [3.05, 3.63) is 12.2 Å². The molecule has 0 bridgehead atoms. The Labute approximate surface area is 117 Å². The maximum atomic E-state index is 10.3. The number of carboxylic acid groups (broad SMARTS) is 1. The summed E-state index contributed by atoms with van der Waals surface area (Å²) >= 11 is 0. The van der Waals surface area contributed by atoms with Crippen LogP contribution in [0, 0.1) is 0 Å². The van der Waals surface area contributed by atoms with Crippen LogP contribution >= 0.6 is 0 Å². The Hall–Kier alpha value is -0.830. The number of allylic oxidation sites excluding steroid dienone is 1. The van der Waals surface area contributed by atoms with Gasteiger partial charge in [-0.1, -0.05) is 44.8 Å². The van der Waals surface area contributed by atoms with E-state index in [4.69, 9.17) is 9.84 Å². The van der Waals surface area contributed by atoms with Crippen LogP contribution < -0.4 is 0 Å². The van der Waals surface area contributed by atoms with Crippen LogP contribution in [0.4, 0.5) is 0 Å². The Balaban J connectivity index is 1.85. The Morgan fingerprint density at radius 2 is 1.95 bits per heavy atom. The SMILES string of the molecule is CCCCCC1OC1C/C=C\CCCCCC(=O)O. The van der Waals surface area contributed by atoms with E-state index in [0.29, 0.717) is 18.6 Å². The van der Waals surface area contributed by atoms with Crippen molar-refractivity contribution in [3.63, 3.8) is 0 Å². The van der Waals surface area contributed by atoms with Crippen LogP contribution in [0.15, 0.2) is 12.2 Å². The minimum Gasteiger partial charge on any atom is -0.481 e. The van der Waals surface area contributed by atoms with Crippen molar-refractivity contribution < 1.29 is 14.6 Å². The second-order valence-electron chi connectivity index (χ2n) is 5.41. The molecule has 0 aromatic rings. The zero-order chi connectivity index (χ0) is 13.9. The molecule has 1 rings (SSSR count). The smallest absolute Gasteiger partial charge is 0.303 e. The average Bonchev–Trinajstić information content (AvgIpc) is 3.11. The molecule has 1 aliphatic rings. The predicted octanol–water partition coefficient (Wildman–Crippen LogP) is 4.32. The summed E-state index contributed by atoms with van der Waals surface area (Å²) < 4.78 is 5.62. The molecule has 110 valence electrons. The minimum absolute atomic E-state index is 0.305. The molecule has 0 spiro atoms. The fourth-order valence-electron chi connectivity index (χ4n) is 2.30. The van der Waals surface area contributed by atoms with E-state index in [1.165, 1.54) is 25.7 Å². The highest BCUT2D eigenvalue weighted by molar-refractivity contribution is 5.66. The number of epoxide rings is 1. The van der Waals surface area contributed by atoms with Gasteiger partial charge in [0.2, 0.25) is 0 Å². The summed E-state index contributed by atoms with van der Waals surface area (Å²) in [5.74, 6) is -0.685. The molecular weight excluding hydrogens is 240 g/mol. The second-order valence-corrected chi connectivity index (χ2v) is 5.41. The van der Waals surface area contributed by atoms with Crippen LogP contribution in [0.25, 0.3) is 0 Å². The molecule has 1 heterocycles. The third-order valence-electron chi connectivity index (χ3n) is 3.58. The number of rotatable bonds is 12. The standard InChI is InChI=1S/C16H28O3/c1-2-3-8-11-14-15(19-14)12-9-6-4-5-7-10-13-16(17)18/h6,9,14-15H,2-5,7-8,10-13H2,1H3,(H,17,18)/b9-6-. The summed E-state index contributed by atoms with van der Waals surface area (Å²) in [7, 11) is 0. The van der Waals surface area contributed by atoms with Crippen molar-refractivity contribution in [3.8, 4) is 0 Å². The molecule has 2 unspecified atom stereocenters. The summed E-state index contributed by atoms with van der Waals surface area (Å²) in [4.78, 5) is 10.3. The molecule has 0 saturated carbocycles. The van der Waals surface area contributed by atoms with Gasteiger partial charge in [-0.3, -0.25) is 4.79 Å². The van der Waals surface area contributed by atoms with Crippen LogP contribution in [-0.2, 0) is 9.53 Å². The number of carboxylic acids is 1. The molecule has 2 atom stereocenters. The van der Waals surface area contributed by atoms with Gasteiger partial charge in [-0.05, 0) is 32.1 Å². The fourth-order valence-corrected chi connectivity index (χ4v) is 2.30. The zero-order valence-electron chi connectivity index (χ0n) is 12.1. The molecule has 1 saturated heterocycles.